The first-order valence-corrected chi connectivity index (χ1v) is 11.3. The molecule has 0 aliphatic carbocycles. The number of fused-ring (bicyclic) bond motifs is 5. The second-order valence-electron chi connectivity index (χ2n) is 8.78. The molecular weight excluding hydrogens is 440 g/mol. The lowest BCUT2D eigenvalue weighted by Crippen LogP contribution is -2.24. The highest BCUT2D eigenvalue weighted by Crippen LogP contribution is 2.26. The molecule has 7 rings (SSSR count). The maximum atomic E-state index is 13.5. The van der Waals surface area contributed by atoms with E-state index in [9.17, 15) is 4.79 Å². The number of pyridine rings is 1. The molecule has 0 spiro atoms. The van der Waals surface area contributed by atoms with Crippen LogP contribution in [0.2, 0.25) is 0 Å². The van der Waals surface area contributed by atoms with Crippen LogP contribution in [0.4, 0.5) is 0 Å². The summed E-state index contributed by atoms with van der Waals surface area (Å²) in [5, 5.41) is 22.6. The van der Waals surface area contributed by atoms with Crippen molar-refractivity contribution < 1.29 is 0 Å². The molecular formula is C26H20N8O. The van der Waals surface area contributed by atoms with Crippen molar-refractivity contribution in [3.05, 3.63) is 94.3 Å². The van der Waals surface area contributed by atoms with Crippen LogP contribution in [-0.4, -0.2) is 39.7 Å². The molecule has 0 unspecified atom stereocenters. The van der Waals surface area contributed by atoms with E-state index < -0.39 is 0 Å². The number of nitrogens with one attached hydrogen (secondary N) is 2. The van der Waals surface area contributed by atoms with Crippen LogP contribution >= 0.6 is 0 Å². The molecule has 0 saturated carbocycles. The summed E-state index contributed by atoms with van der Waals surface area (Å²) in [4.78, 5) is 18.4. The highest BCUT2D eigenvalue weighted by atomic mass is 16.1. The quantitative estimate of drug-likeness (QED) is 0.416. The van der Waals surface area contributed by atoms with Gasteiger partial charge >= 0.3 is 0 Å². The molecule has 9 heteroatoms. The van der Waals surface area contributed by atoms with E-state index in [0.29, 0.717) is 18.5 Å². The molecule has 0 radical (unpaired) electrons. The molecule has 0 amide bonds. The summed E-state index contributed by atoms with van der Waals surface area (Å²) in [6, 6.07) is 16.1. The molecule has 2 aromatic carbocycles. The average Bonchev–Trinajstić information content (AvgIpc) is 3.60. The molecule has 0 aliphatic rings. The Morgan fingerprint density at radius 1 is 0.800 bits per heavy atom. The summed E-state index contributed by atoms with van der Waals surface area (Å²) in [6.07, 6.45) is 6.06. The Morgan fingerprint density at radius 2 is 1.51 bits per heavy atom. The van der Waals surface area contributed by atoms with E-state index >= 15 is 0 Å². The Balaban J connectivity index is 1.32. The van der Waals surface area contributed by atoms with Crippen molar-refractivity contribution in [3.8, 4) is 0 Å². The van der Waals surface area contributed by atoms with Crippen LogP contribution in [0.5, 0.6) is 0 Å². The van der Waals surface area contributed by atoms with E-state index in [1.807, 2.05) is 60.3 Å². The predicted octanol–water partition coefficient (Wildman–Crippen LogP) is 3.67. The molecule has 0 atom stereocenters. The Kier molecular flexibility index (Phi) is 4.13. The van der Waals surface area contributed by atoms with Gasteiger partial charge in [-0.05, 0) is 35.4 Å². The van der Waals surface area contributed by atoms with Crippen molar-refractivity contribution >= 4 is 43.7 Å². The molecule has 0 saturated heterocycles. The molecule has 7 aromatic rings. The van der Waals surface area contributed by atoms with E-state index in [1.165, 1.54) is 4.68 Å². The molecule has 170 valence electrons. The van der Waals surface area contributed by atoms with E-state index in [0.717, 1.165) is 55.0 Å². The fourth-order valence-corrected chi connectivity index (χ4v) is 4.98. The van der Waals surface area contributed by atoms with Gasteiger partial charge in [-0.15, -0.1) is 0 Å². The zero-order chi connectivity index (χ0) is 23.5. The van der Waals surface area contributed by atoms with Crippen molar-refractivity contribution in [2.45, 2.75) is 13.0 Å². The van der Waals surface area contributed by atoms with Crippen LogP contribution < -0.4 is 5.56 Å². The summed E-state index contributed by atoms with van der Waals surface area (Å²) >= 11 is 0. The van der Waals surface area contributed by atoms with Crippen LogP contribution in [0.25, 0.3) is 43.7 Å². The number of hydrogen-bond donors (Lipinski definition) is 2. The van der Waals surface area contributed by atoms with Crippen molar-refractivity contribution in [3.63, 3.8) is 0 Å². The van der Waals surface area contributed by atoms with Crippen molar-refractivity contribution in [2.75, 3.05) is 0 Å². The largest absolute Gasteiger partial charge is 0.324 e. The number of rotatable bonds is 4. The minimum Gasteiger partial charge on any atom is -0.324 e. The standard InChI is InChI=1S/C26H20N8O/c1-33-24-21(13-29-34(26(24)35)14-16-5-3-7-23-20(16)12-28-32-23)18-9-8-17(30-25(18)33)10-15-4-2-6-22-19(15)11-27-31-22/h2-9,11-13H,10,14H2,1H3,(H,27,31)(H,28,32). The fourth-order valence-electron chi connectivity index (χ4n) is 4.98. The number of aryl methyl sites for hydroxylation is 1. The first kappa shape index (κ1) is 19.7. The number of aromatic amines is 2. The summed E-state index contributed by atoms with van der Waals surface area (Å²) in [7, 11) is 1.89. The third kappa shape index (κ3) is 2.98. The Bertz CT molecular complexity index is 1960. The maximum absolute atomic E-state index is 13.5. The van der Waals surface area contributed by atoms with E-state index in [4.69, 9.17) is 4.98 Å². The van der Waals surface area contributed by atoms with Gasteiger partial charge in [0.1, 0.15) is 11.2 Å². The van der Waals surface area contributed by atoms with Gasteiger partial charge in [0.25, 0.3) is 5.56 Å². The first-order chi connectivity index (χ1) is 17.2. The van der Waals surface area contributed by atoms with Crippen LogP contribution in [-0.2, 0) is 20.0 Å². The Labute approximate surface area is 198 Å². The molecule has 0 fully saturated rings. The zero-order valence-electron chi connectivity index (χ0n) is 18.9. The Morgan fingerprint density at radius 3 is 2.29 bits per heavy atom. The average molecular weight is 461 g/mol. The van der Waals surface area contributed by atoms with Crippen molar-refractivity contribution in [1.82, 2.24) is 39.7 Å². The number of benzene rings is 2. The maximum Gasteiger partial charge on any atom is 0.291 e. The van der Waals surface area contributed by atoms with Crippen molar-refractivity contribution in [1.29, 1.82) is 0 Å². The van der Waals surface area contributed by atoms with Gasteiger partial charge in [0.15, 0.2) is 0 Å². The van der Waals surface area contributed by atoms with E-state index in [-0.39, 0.29) is 5.56 Å². The van der Waals surface area contributed by atoms with Gasteiger partial charge in [-0.2, -0.15) is 15.3 Å². The van der Waals surface area contributed by atoms with Gasteiger partial charge < -0.3 is 4.57 Å². The van der Waals surface area contributed by atoms with Crippen LogP contribution in [0.3, 0.4) is 0 Å². The third-order valence-electron chi connectivity index (χ3n) is 6.74. The normalized spacial score (nSPS) is 11.9. The lowest BCUT2D eigenvalue weighted by atomic mass is 10.0. The molecule has 9 nitrogen and oxygen atoms in total. The molecule has 5 aromatic heterocycles. The van der Waals surface area contributed by atoms with Gasteiger partial charge in [-0.25, -0.2) is 9.67 Å². The van der Waals surface area contributed by atoms with Crippen molar-refractivity contribution in [2.24, 2.45) is 7.05 Å². The summed E-state index contributed by atoms with van der Waals surface area (Å²) < 4.78 is 3.38. The van der Waals surface area contributed by atoms with Crippen LogP contribution in [0.1, 0.15) is 16.8 Å². The highest BCUT2D eigenvalue weighted by Gasteiger charge is 2.17. The second-order valence-corrected chi connectivity index (χ2v) is 8.78. The molecule has 0 aliphatic heterocycles. The van der Waals surface area contributed by atoms with Gasteiger partial charge in [0.05, 0.1) is 36.2 Å². The number of hydrogen-bond acceptors (Lipinski definition) is 5. The zero-order valence-corrected chi connectivity index (χ0v) is 18.9. The van der Waals surface area contributed by atoms with Gasteiger partial charge in [-0.1, -0.05) is 24.3 Å². The van der Waals surface area contributed by atoms with E-state index in [2.05, 4.69) is 31.6 Å². The molecule has 0 bridgehead atoms. The SMILES string of the molecule is Cn1c2nc(Cc3cccc4[nH]ncc34)ccc2c2cnn(Cc3cccc4[nH]ncc34)c(=O)c21. The molecule has 35 heavy (non-hydrogen) atoms. The molecule has 5 heterocycles. The fraction of sp³-hybridized carbons (Fsp3) is 0.115. The number of H-pyrrole nitrogens is 2. The lowest BCUT2D eigenvalue weighted by molar-refractivity contribution is 0.647. The van der Waals surface area contributed by atoms with E-state index in [1.54, 1.807) is 12.4 Å². The smallest absolute Gasteiger partial charge is 0.291 e. The first-order valence-electron chi connectivity index (χ1n) is 11.3. The van der Waals surface area contributed by atoms with Gasteiger partial charge in [0.2, 0.25) is 0 Å². The number of aromatic nitrogens is 8. The summed E-state index contributed by atoms with van der Waals surface area (Å²) in [6.45, 7) is 0.362. The third-order valence-corrected chi connectivity index (χ3v) is 6.74. The van der Waals surface area contributed by atoms with Gasteiger partial charge in [-0.3, -0.25) is 15.0 Å². The Hall–Kier alpha value is -4.79. The van der Waals surface area contributed by atoms with Crippen LogP contribution in [0, 0.1) is 0 Å². The number of nitrogens with zero attached hydrogens (tertiary/aromatic N) is 6. The van der Waals surface area contributed by atoms with Crippen LogP contribution in [0.15, 0.2) is 71.9 Å². The van der Waals surface area contributed by atoms with Gasteiger partial charge in [0, 0.05) is 40.7 Å². The minimum absolute atomic E-state index is 0.145. The predicted molar refractivity (Wildman–Crippen MR) is 134 cm³/mol. The second kappa shape index (κ2) is 7.36. The topological polar surface area (TPSA) is 110 Å². The molecule has 2 N–H and O–H groups in total. The lowest BCUT2D eigenvalue weighted by Gasteiger charge is -2.06. The summed E-state index contributed by atoms with van der Waals surface area (Å²) in [5.74, 6) is 0. The minimum atomic E-state index is -0.145. The monoisotopic (exact) mass is 460 g/mol. The highest BCUT2D eigenvalue weighted by molar-refractivity contribution is 6.05. The summed E-state index contributed by atoms with van der Waals surface area (Å²) in [5.41, 5.74) is 6.22.